The topological polar surface area (TPSA) is 74.3 Å². The molecule has 0 bridgehead atoms. The maximum absolute atomic E-state index is 13.3. The Labute approximate surface area is 116 Å². The largest absolute Gasteiger partial charge is 0.372 e. The number of piperazine rings is 1. The molecule has 7 heteroatoms. The fraction of sp³-hybridized carbons (Fsp3) is 0.462. The predicted molar refractivity (Wildman–Crippen MR) is 71.9 cm³/mol. The van der Waals surface area contributed by atoms with Gasteiger partial charge in [0.05, 0.1) is 11.8 Å². The minimum absolute atomic E-state index is 0.121. The highest BCUT2D eigenvalue weighted by Crippen LogP contribution is 2.23. The molecule has 1 aromatic heterocycles. The number of hydrogen-bond acceptors (Lipinski definition) is 4. The smallest absolute Gasteiger partial charge is 0.258 e. The molecule has 20 heavy (non-hydrogen) atoms. The minimum Gasteiger partial charge on any atom is -0.372 e. The van der Waals surface area contributed by atoms with Gasteiger partial charge < -0.3 is 15.5 Å². The van der Waals surface area contributed by atoms with E-state index >= 15 is 0 Å². The molecule has 0 radical (unpaired) electrons. The standard InChI is InChI=1S/C13H17FN4O2/c1-13(2)12(20)16-4-5-18(13)11(19)9-6-8(14)7-17-10(9)15-3/h6-7H,4-5H2,1-3H3,(H,15,17)(H,16,20). The van der Waals surface area contributed by atoms with E-state index in [-0.39, 0.29) is 17.3 Å². The van der Waals surface area contributed by atoms with Crippen molar-refractivity contribution in [2.24, 2.45) is 0 Å². The third kappa shape index (κ3) is 2.31. The number of nitrogens with one attached hydrogen (secondary N) is 2. The van der Waals surface area contributed by atoms with Crippen molar-refractivity contribution in [3.05, 3.63) is 23.6 Å². The van der Waals surface area contributed by atoms with E-state index in [1.807, 2.05) is 0 Å². The number of halogens is 1. The maximum atomic E-state index is 13.3. The first-order valence-electron chi connectivity index (χ1n) is 6.31. The first-order valence-corrected chi connectivity index (χ1v) is 6.31. The van der Waals surface area contributed by atoms with Gasteiger partial charge in [-0.05, 0) is 19.9 Å². The summed E-state index contributed by atoms with van der Waals surface area (Å²) in [5.74, 6) is -0.946. The van der Waals surface area contributed by atoms with E-state index in [0.29, 0.717) is 13.1 Å². The lowest BCUT2D eigenvalue weighted by Crippen LogP contribution is -2.63. The van der Waals surface area contributed by atoms with Crippen LogP contribution >= 0.6 is 0 Å². The van der Waals surface area contributed by atoms with Crippen LogP contribution in [0.2, 0.25) is 0 Å². The number of pyridine rings is 1. The van der Waals surface area contributed by atoms with Gasteiger partial charge in [-0.1, -0.05) is 0 Å². The summed E-state index contributed by atoms with van der Waals surface area (Å²) in [4.78, 5) is 29.7. The van der Waals surface area contributed by atoms with Gasteiger partial charge in [0.15, 0.2) is 0 Å². The summed E-state index contributed by atoms with van der Waals surface area (Å²) in [7, 11) is 1.60. The fourth-order valence-corrected chi connectivity index (χ4v) is 2.20. The van der Waals surface area contributed by atoms with Gasteiger partial charge in [-0.15, -0.1) is 0 Å². The first kappa shape index (κ1) is 14.2. The maximum Gasteiger partial charge on any atom is 0.258 e. The summed E-state index contributed by atoms with van der Waals surface area (Å²) < 4.78 is 13.3. The molecule has 1 aromatic rings. The Bertz CT molecular complexity index is 559. The first-order chi connectivity index (χ1) is 9.37. The second-order valence-corrected chi connectivity index (χ2v) is 5.07. The Balaban J connectivity index is 2.40. The summed E-state index contributed by atoms with van der Waals surface area (Å²) in [6, 6.07) is 1.13. The van der Waals surface area contributed by atoms with Gasteiger partial charge in [0.1, 0.15) is 17.2 Å². The molecular weight excluding hydrogens is 263 g/mol. The molecule has 0 unspecified atom stereocenters. The average molecular weight is 280 g/mol. The van der Waals surface area contributed by atoms with Crippen molar-refractivity contribution in [1.29, 1.82) is 0 Å². The molecule has 1 aliphatic rings. The Morgan fingerprint density at radius 1 is 1.55 bits per heavy atom. The fourth-order valence-electron chi connectivity index (χ4n) is 2.20. The third-order valence-corrected chi connectivity index (χ3v) is 3.42. The molecule has 2 N–H and O–H groups in total. The molecule has 1 aliphatic heterocycles. The predicted octanol–water partition coefficient (Wildman–Crippen LogP) is 0.613. The molecule has 2 amide bonds. The summed E-state index contributed by atoms with van der Waals surface area (Å²) in [6.07, 6.45) is 1.04. The van der Waals surface area contributed by atoms with Gasteiger partial charge >= 0.3 is 0 Å². The summed E-state index contributed by atoms with van der Waals surface area (Å²) in [5.41, 5.74) is -0.859. The highest BCUT2D eigenvalue weighted by Gasteiger charge is 2.41. The van der Waals surface area contributed by atoms with Crippen molar-refractivity contribution < 1.29 is 14.0 Å². The van der Waals surface area contributed by atoms with E-state index in [4.69, 9.17) is 0 Å². The number of carbonyl (C=O) groups is 2. The highest BCUT2D eigenvalue weighted by atomic mass is 19.1. The van der Waals surface area contributed by atoms with Gasteiger partial charge in [-0.3, -0.25) is 9.59 Å². The zero-order valence-corrected chi connectivity index (χ0v) is 11.7. The van der Waals surface area contributed by atoms with Crippen molar-refractivity contribution in [2.75, 3.05) is 25.5 Å². The van der Waals surface area contributed by atoms with Crippen molar-refractivity contribution in [2.45, 2.75) is 19.4 Å². The Kier molecular flexibility index (Phi) is 3.61. The zero-order chi connectivity index (χ0) is 14.9. The SMILES string of the molecule is CNc1ncc(F)cc1C(=O)N1CCNC(=O)C1(C)C. The van der Waals surface area contributed by atoms with Gasteiger partial charge in [0.2, 0.25) is 5.91 Å². The van der Waals surface area contributed by atoms with Gasteiger partial charge in [-0.2, -0.15) is 0 Å². The quantitative estimate of drug-likeness (QED) is 0.832. The monoisotopic (exact) mass is 280 g/mol. The van der Waals surface area contributed by atoms with E-state index in [1.165, 1.54) is 4.90 Å². The van der Waals surface area contributed by atoms with Crippen LogP contribution in [0.3, 0.4) is 0 Å². The molecule has 2 heterocycles. The molecule has 0 aromatic carbocycles. The summed E-state index contributed by atoms with van der Waals surface area (Å²) >= 11 is 0. The molecule has 0 atom stereocenters. The van der Waals surface area contributed by atoms with Crippen LogP contribution in [-0.4, -0.2) is 47.4 Å². The molecule has 0 saturated carbocycles. The lowest BCUT2D eigenvalue weighted by atomic mass is 9.97. The van der Waals surface area contributed by atoms with Crippen LogP contribution in [0.25, 0.3) is 0 Å². The van der Waals surface area contributed by atoms with E-state index in [9.17, 15) is 14.0 Å². The summed E-state index contributed by atoms with van der Waals surface area (Å²) in [5, 5.41) is 5.47. The van der Waals surface area contributed by atoms with Crippen LogP contribution < -0.4 is 10.6 Å². The van der Waals surface area contributed by atoms with Crippen molar-refractivity contribution >= 4 is 17.6 Å². The van der Waals surface area contributed by atoms with Crippen LogP contribution in [0.15, 0.2) is 12.3 Å². The number of carbonyl (C=O) groups excluding carboxylic acids is 2. The Hall–Kier alpha value is -2.18. The Morgan fingerprint density at radius 2 is 2.25 bits per heavy atom. The molecule has 0 spiro atoms. The number of nitrogens with zero attached hydrogens (tertiary/aromatic N) is 2. The number of aromatic nitrogens is 1. The number of amides is 2. The normalized spacial score (nSPS) is 17.6. The van der Waals surface area contributed by atoms with E-state index < -0.39 is 17.3 Å². The van der Waals surface area contributed by atoms with E-state index in [0.717, 1.165) is 12.3 Å². The minimum atomic E-state index is -0.980. The van der Waals surface area contributed by atoms with Crippen molar-refractivity contribution in [1.82, 2.24) is 15.2 Å². The molecule has 2 rings (SSSR count). The lowest BCUT2D eigenvalue weighted by Gasteiger charge is -2.41. The van der Waals surface area contributed by atoms with Gasteiger partial charge in [0.25, 0.3) is 5.91 Å². The van der Waals surface area contributed by atoms with Crippen molar-refractivity contribution in [3.63, 3.8) is 0 Å². The second-order valence-electron chi connectivity index (χ2n) is 5.07. The van der Waals surface area contributed by atoms with Crippen molar-refractivity contribution in [3.8, 4) is 0 Å². The van der Waals surface area contributed by atoms with E-state index in [1.54, 1.807) is 20.9 Å². The molecular formula is C13H17FN4O2. The van der Waals surface area contributed by atoms with Crippen LogP contribution in [0, 0.1) is 5.82 Å². The van der Waals surface area contributed by atoms with Crippen LogP contribution in [0.1, 0.15) is 24.2 Å². The molecule has 6 nitrogen and oxygen atoms in total. The molecule has 0 aliphatic carbocycles. The van der Waals surface area contributed by atoms with Crippen LogP contribution in [-0.2, 0) is 4.79 Å². The number of rotatable bonds is 2. The molecule has 1 saturated heterocycles. The van der Waals surface area contributed by atoms with Gasteiger partial charge in [-0.25, -0.2) is 9.37 Å². The molecule has 1 fully saturated rings. The number of hydrogen-bond donors (Lipinski definition) is 2. The highest BCUT2D eigenvalue weighted by molar-refractivity contribution is 6.02. The second kappa shape index (κ2) is 5.07. The number of anilines is 1. The summed E-state index contributed by atoms with van der Waals surface area (Å²) in [6.45, 7) is 4.07. The van der Waals surface area contributed by atoms with E-state index in [2.05, 4.69) is 15.6 Å². The van der Waals surface area contributed by atoms with Crippen LogP contribution in [0.5, 0.6) is 0 Å². The van der Waals surface area contributed by atoms with Gasteiger partial charge in [0, 0.05) is 20.1 Å². The zero-order valence-electron chi connectivity index (χ0n) is 11.7. The average Bonchev–Trinajstić information content (AvgIpc) is 2.41. The Morgan fingerprint density at radius 3 is 2.90 bits per heavy atom. The third-order valence-electron chi connectivity index (χ3n) is 3.42. The lowest BCUT2D eigenvalue weighted by molar-refractivity contribution is -0.133. The molecule has 108 valence electrons. The van der Waals surface area contributed by atoms with Crippen LogP contribution in [0.4, 0.5) is 10.2 Å².